The maximum atomic E-state index is 13.2. The number of hydrogen-bond donors (Lipinski definition) is 3. The van der Waals surface area contributed by atoms with E-state index in [1.54, 1.807) is 6.07 Å². The summed E-state index contributed by atoms with van der Waals surface area (Å²) in [6.45, 7) is 2.63. The number of rotatable bonds is 3. The summed E-state index contributed by atoms with van der Waals surface area (Å²) in [7, 11) is 0. The van der Waals surface area contributed by atoms with Crippen LogP contribution in [0.2, 0.25) is 0 Å². The molecule has 20 heavy (non-hydrogen) atoms. The third kappa shape index (κ3) is 3.68. The van der Waals surface area contributed by atoms with Crippen LogP contribution in [0.15, 0.2) is 42.5 Å². The number of hydrogen-bond acceptors (Lipinski definition) is 2. The summed E-state index contributed by atoms with van der Waals surface area (Å²) in [5.41, 5.74) is 2.81. The number of aromatic hydroxyl groups is 1. The second-order valence-electron chi connectivity index (χ2n) is 4.40. The van der Waals surface area contributed by atoms with Crippen LogP contribution in [0.5, 0.6) is 5.75 Å². The average Bonchev–Trinajstić information content (AvgIpc) is 2.42. The number of anilines is 1. The zero-order chi connectivity index (χ0) is 14.5. The van der Waals surface area contributed by atoms with Gasteiger partial charge in [-0.25, -0.2) is 4.39 Å². The average molecular weight is 290 g/mol. The van der Waals surface area contributed by atoms with Crippen LogP contribution in [0.1, 0.15) is 11.1 Å². The number of halogens is 1. The first-order chi connectivity index (χ1) is 9.56. The molecule has 0 amide bonds. The van der Waals surface area contributed by atoms with Crippen molar-refractivity contribution < 1.29 is 9.50 Å². The summed E-state index contributed by atoms with van der Waals surface area (Å²) in [4.78, 5) is 0. The molecule has 0 spiro atoms. The third-order valence-corrected chi connectivity index (χ3v) is 3.15. The summed E-state index contributed by atoms with van der Waals surface area (Å²) in [5.74, 6) is -1.06. The van der Waals surface area contributed by atoms with Crippen molar-refractivity contribution in [1.29, 1.82) is 0 Å². The molecule has 0 aromatic heterocycles. The highest BCUT2D eigenvalue weighted by atomic mass is 32.1. The molecule has 0 aliphatic carbocycles. The fourth-order valence-electron chi connectivity index (χ4n) is 1.74. The van der Waals surface area contributed by atoms with Gasteiger partial charge in [0.25, 0.3) is 0 Å². The lowest BCUT2D eigenvalue weighted by atomic mass is 10.1. The second kappa shape index (κ2) is 6.34. The Kier molecular flexibility index (Phi) is 4.53. The molecule has 0 radical (unpaired) electrons. The van der Waals surface area contributed by atoms with Crippen LogP contribution in [0.4, 0.5) is 10.1 Å². The Morgan fingerprint density at radius 1 is 1.25 bits per heavy atom. The fraction of sp³-hybridized carbons (Fsp3) is 0.133. The van der Waals surface area contributed by atoms with Crippen LogP contribution in [0.25, 0.3) is 0 Å². The zero-order valence-corrected chi connectivity index (χ0v) is 11.8. The molecule has 0 aliphatic rings. The van der Waals surface area contributed by atoms with Crippen molar-refractivity contribution >= 4 is 23.0 Å². The Morgan fingerprint density at radius 3 is 2.70 bits per heavy atom. The Balaban J connectivity index is 1.93. The number of thiocarbonyl (C=S) groups is 1. The minimum Gasteiger partial charge on any atom is -0.505 e. The molecule has 104 valence electrons. The maximum Gasteiger partial charge on any atom is 0.171 e. The van der Waals surface area contributed by atoms with E-state index in [2.05, 4.69) is 10.6 Å². The second-order valence-corrected chi connectivity index (χ2v) is 4.81. The Labute approximate surface area is 122 Å². The standard InChI is InChI=1S/C15H15FN2OS/c1-10-4-2-3-5-11(10)9-17-15(20)18-12-6-7-14(19)13(16)8-12/h2-8,19H,9H2,1H3,(H2,17,18,20). The Bertz CT molecular complexity index is 631. The highest BCUT2D eigenvalue weighted by Gasteiger charge is 2.03. The van der Waals surface area contributed by atoms with Crippen molar-refractivity contribution in [2.24, 2.45) is 0 Å². The van der Waals surface area contributed by atoms with Crippen molar-refractivity contribution in [2.45, 2.75) is 13.5 Å². The molecule has 5 heteroatoms. The van der Waals surface area contributed by atoms with Crippen molar-refractivity contribution in [2.75, 3.05) is 5.32 Å². The van der Waals surface area contributed by atoms with Gasteiger partial charge < -0.3 is 15.7 Å². The molecular weight excluding hydrogens is 275 g/mol. The molecule has 0 atom stereocenters. The first kappa shape index (κ1) is 14.3. The predicted octanol–water partition coefficient (Wildman–Crippen LogP) is 3.33. The van der Waals surface area contributed by atoms with E-state index in [9.17, 15) is 4.39 Å². The van der Waals surface area contributed by atoms with Gasteiger partial charge in [0.1, 0.15) is 0 Å². The highest BCUT2D eigenvalue weighted by molar-refractivity contribution is 7.80. The van der Waals surface area contributed by atoms with Gasteiger partial charge in [-0.05, 0) is 42.4 Å². The Morgan fingerprint density at radius 2 is 2.00 bits per heavy atom. The topological polar surface area (TPSA) is 44.3 Å². The highest BCUT2D eigenvalue weighted by Crippen LogP contribution is 2.19. The normalized spacial score (nSPS) is 10.1. The molecule has 0 fully saturated rings. The van der Waals surface area contributed by atoms with Gasteiger partial charge in [0.05, 0.1) is 0 Å². The van der Waals surface area contributed by atoms with Crippen LogP contribution >= 0.6 is 12.2 Å². The summed E-state index contributed by atoms with van der Waals surface area (Å²) in [6.07, 6.45) is 0. The van der Waals surface area contributed by atoms with Gasteiger partial charge in [0.15, 0.2) is 16.7 Å². The Hall–Kier alpha value is -2.14. The minimum absolute atomic E-state index is 0.380. The lowest BCUT2D eigenvalue weighted by Crippen LogP contribution is -2.28. The molecule has 3 N–H and O–H groups in total. The molecule has 2 aromatic rings. The van der Waals surface area contributed by atoms with Crippen molar-refractivity contribution in [1.82, 2.24) is 5.32 Å². The van der Waals surface area contributed by atoms with Crippen LogP contribution in [-0.2, 0) is 6.54 Å². The smallest absolute Gasteiger partial charge is 0.171 e. The van der Waals surface area contributed by atoms with E-state index in [-0.39, 0.29) is 5.75 Å². The van der Waals surface area contributed by atoms with E-state index in [4.69, 9.17) is 17.3 Å². The van der Waals surface area contributed by atoms with Crippen molar-refractivity contribution in [3.8, 4) is 5.75 Å². The van der Waals surface area contributed by atoms with Crippen LogP contribution in [-0.4, -0.2) is 10.2 Å². The molecule has 3 nitrogen and oxygen atoms in total. The van der Waals surface area contributed by atoms with Crippen LogP contribution in [0.3, 0.4) is 0 Å². The van der Waals surface area contributed by atoms with E-state index < -0.39 is 5.82 Å². The van der Waals surface area contributed by atoms with Crippen molar-refractivity contribution in [3.05, 3.63) is 59.4 Å². The van der Waals surface area contributed by atoms with Gasteiger partial charge in [0, 0.05) is 18.3 Å². The summed E-state index contributed by atoms with van der Waals surface area (Å²) in [5, 5.41) is 15.4. The molecule has 0 heterocycles. The van der Waals surface area contributed by atoms with Gasteiger partial charge in [-0.15, -0.1) is 0 Å². The largest absolute Gasteiger partial charge is 0.505 e. The minimum atomic E-state index is -0.684. The number of phenols is 1. The van der Waals surface area contributed by atoms with Crippen molar-refractivity contribution in [3.63, 3.8) is 0 Å². The van der Waals surface area contributed by atoms with Gasteiger partial charge in [-0.2, -0.15) is 0 Å². The zero-order valence-electron chi connectivity index (χ0n) is 11.0. The van der Waals surface area contributed by atoms with Gasteiger partial charge in [-0.3, -0.25) is 0 Å². The van der Waals surface area contributed by atoms with Crippen LogP contribution in [0, 0.1) is 12.7 Å². The summed E-state index contributed by atoms with van der Waals surface area (Å²) < 4.78 is 13.2. The third-order valence-electron chi connectivity index (χ3n) is 2.91. The van der Waals surface area contributed by atoms with Gasteiger partial charge in [-0.1, -0.05) is 24.3 Å². The number of benzene rings is 2. The molecule has 0 aliphatic heterocycles. The number of nitrogens with one attached hydrogen (secondary N) is 2. The molecule has 0 unspecified atom stereocenters. The lowest BCUT2D eigenvalue weighted by molar-refractivity contribution is 0.432. The molecule has 2 rings (SSSR count). The quantitative estimate of drug-likeness (QED) is 0.599. The van der Waals surface area contributed by atoms with E-state index >= 15 is 0 Å². The number of phenolic OH excluding ortho intramolecular Hbond substituents is 1. The van der Waals surface area contributed by atoms with E-state index in [0.717, 1.165) is 5.56 Å². The summed E-state index contributed by atoms with van der Waals surface area (Å²) >= 11 is 5.15. The first-order valence-corrected chi connectivity index (χ1v) is 6.55. The maximum absolute atomic E-state index is 13.2. The predicted molar refractivity (Wildman–Crippen MR) is 82.3 cm³/mol. The SMILES string of the molecule is Cc1ccccc1CNC(=S)Nc1ccc(O)c(F)c1. The molecule has 2 aromatic carbocycles. The summed E-state index contributed by atoms with van der Waals surface area (Å²) in [6, 6.07) is 12.0. The molecule has 0 saturated carbocycles. The number of aryl methyl sites for hydroxylation is 1. The van der Waals surface area contributed by atoms with Crippen LogP contribution < -0.4 is 10.6 Å². The molecular formula is C15H15FN2OS. The lowest BCUT2D eigenvalue weighted by Gasteiger charge is -2.12. The molecule has 0 bridgehead atoms. The van der Waals surface area contributed by atoms with E-state index in [1.165, 1.54) is 17.7 Å². The van der Waals surface area contributed by atoms with E-state index in [1.807, 2.05) is 31.2 Å². The molecule has 0 saturated heterocycles. The monoisotopic (exact) mass is 290 g/mol. The fourth-order valence-corrected chi connectivity index (χ4v) is 1.93. The van der Waals surface area contributed by atoms with Gasteiger partial charge in [0.2, 0.25) is 0 Å². The first-order valence-electron chi connectivity index (χ1n) is 6.14. The van der Waals surface area contributed by atoms with Gasteiger partial charge >= 0.3 is 0 Å². The van der Waals surface area contributed by atoms with E-state index in [0.29, 0.717) is 17.3 Å².